The minimum absolute atomic E-state index is 0.0106. The molecule has 1 saturated heterocycles. The minimum atomic E-state index is -2.59. The molecule has 0 aliphatic carbocycles. The molecule has 3 rings (SSSR count). The van der Waals surface area contributed by atoms with Crippen LogP contribution in [0.15, 0.2) is 60.7 Å². The van der Waals surface area contributed by atoms with Gasteiger partial charge in [-0.25, -0.2) is 0 Å². The van der Waals surface area contributed by atoms with E-state index in [1.807, 2.05) is 13.8 Å². The number of rotatable bonds is 8. The van der Waals surface area contributed by atoms with Crippen LogP contribution < -0.4 is 10.4 Å². The first-order valence-electron chi connectivity index (χ1n) is 12.2. The fraction of sp³-hybridized carbons (Fsp3) is 0.571. The van der Waals surface area contributed by atoms with Crippen LogP contribution in [0, 0.1) is 11.8 Å². The van der Waals surface area contributed by atoms with Crippen molar-refractivity contribution < 1.29 is 19.0 Å². The predicted octanol–water partition coefficient (Wildman–Crippen LogP) is 4.74. The molecule has 0 radical (unpaired) electrons. The third-order valence-corrected chi connectivity index (χ3v) is 11.9. The van der Waals surface area contributed by atoms with Crippen LogP contribution in [-0.4, -0.2) is 44.6 Å². The topological polar surface area (TPSA) is 47.9 Å². The summed E-state index contributed by atoms with van der Waals surface area (Å²) in [6.07, 6.45) is 0.579. The second-order valence-corrected chi connectivity index (χ2v) is 15.3. The average molecular weight is 471 g/mol. The first kappa shape index (κ1) is 26.1. The van der Waals surface area contributed by atoms with Crippen molar-refractivity contribution in [1.29, 1.82) is 0 Å². The molecular weight excluding hydrogens is 428 g/mol. The molecule has 5 heteroatoms. The van der Waals surface area contributed by atoms with E-state index in [4.69, 9.17) is 13.9 Å². The third kappa shape index (κ3) is 5.60. The Hall–Kier alpha value is -1.50. The molecule has 1 N–H and O–H groups in total. The summed E-state index contributed by atoms with van der Waals surface area (Å²) < 4.78 is 19.7. The lowest BCUT2D eigenvalue weighted by molar-refractivity contribution is -0.329. The molecule has 1 heterocycles. The van der Waals surface area contributed by atoms with E-state index in [2.05, 4.69) is 95.3 Å². The highest BCUT2D eigenvalue weighted by Gasteiger charge is 2.51. The zero-order valence-electron chi connectivity index (χ0n) is 21.4. The van der Waals surface area contributed by atoms with Gasteiger partial charge in [0.05, 0.1) is 12.2 Å². The minimum Gasteiger partial charge on any atom is -0.407 e. The van der Waals surface area contributed by atoms with Crippen LogP contribution in [0.1, 0.15) is 54.9 Å². The number of hydrogen-bond donors (Lipinski definition) is 1. The Kier molecular flexibility index (Phi) is 8.23. The number of benzene rings is 2. The molecule has 0 aromatic heterocycles. The van der Waals surface area contributed by atoms with E-state index in [-0.39, 0.29) is 35.7 Å². The Balaban J connectivity index is 1.94. The second-order valence-electron chi connectivity index (χ2n) is 11.0. The molecule has 0 bridgehead atoms. The second kappa shape index (κ2) is 10.4. The summed E-state index contributed by atoms with van der Waals surface area (Å²) in [5.74, 6) is -0.336. The van der Waals surface area contributed by atoms with Crippen molar-refractivity contribution in [3.05, 3.63) is 60.7 Å². The van der Waals surface area contributed by atoms with Gasteiger partial charge in [0, 0.05) is 25.0 Å². The van der Waals surface area contributed by atoms with Gasteiger partial charge in [-0.15, -0.1) is 0 Å². The number of ether oxygens (including phenoxy) is 2. The maximum absolute atomic E-state index is 9.54. The Morgan fingerprint density at radius 3 is 1.94 bits per heavy atom. The van der Waals surface area contributed by atoms with Gasteiger partial charge in [0.1, 0.15) is 0 Å². The van der Waals surface area contributed by atoms with Crippen LogP contribution >= 0.6 is 0 Å². The van der Waals surface area contributed by atoms with Crippen LogP contribution in [0.5, 0.6) is 0 Å². The molecule has 0 saturated carbocycles. The predicted molar refractivity (Wildman–Crippen MR) is 137 cm³/mol. The van der Waals surface area contributed by atoms with Gasteiger partial charge < -0.3 is 19.0 Å². The number of aliphatic hydroxyl groups excluding tert-OH is 1. The van der Waals surface area contributed by atoms with Crippen molar-refractivity contribution in [2.75, 3.05) is 13.2 Å². The van der Waals surface area contributed by atoms with E-state index in [0.717, 1.165) is 0 Å². The first-order valence-corrected chi connectivity index (χ1v) is 14.1. The molecular formula is C28H42O4Si. The zero-order chi connectivity index (χ0) is 24.3. The molecule has 1 fully saturated rings. The molecule has 182 valence electrons. The standard InChI is InChI=1S/C28H42O4Si/c1-21(26-22(2)25(18-19-29)31-28(6,7)32-26)20-30-33(27(3,4)5,23-14-10-8-11-15-23)24-16-12-9-13-17-24/h8-17,21-22,25-26,29H,18-20H2,1-7H3/t21-,22-,25+,26+/m1/s1. The lowest BCUT2D eigenvalue weighted by Gasteiger charge is -2.48. The third-order valence-electron chi connectivity index (χ3n) is 6.91. The molecule has 0 amide bonds. The summed E-state index contributed by atoms with van der Waals surface area (Å²) in [6.45, 7) is 15.9. The summed E-state index contributed by atoms with van der Waals surface area (Å²) in [4.78, 5) is 0. The maximum Gasteiger partial charge on any atom is 0.261 e. The molecule has 1 aliphatic heterocycles. The molecule has 2 aromatic carbocycles. The van der Waals surface area contributed by atoms with E-state index in [0.29, 0.717) is 13.0 Å². The molecule has 1 aliphatic rings. The van der Waals surface area contributed by atoms with Crippen molar-refractivity contribution in [3.8, 4) is 0 Å². The highest BCUT2D eigenvalue weighted by molar-refractivity contribution is 6.99. The Morgan fingerprint density at radius 2 is 1.48 bits per heavy atom. The van der Waals surface area contributed by atoms with Gasteiger partial charge in [0.15, 0.2) is 5.79 Å². The van der Waals surface area contributed by atoms with Gasteiger partial charge in [0.25, 0.3) is 8.32 Å². The Labute approximate surface area is 201 Å². The van der Waals surface area contributed by atoms with E-state index in [9.17, 15) is 5.11 Å². The first-order chi connectivity index (χ1) is 15.5. The maximum atomic E-state index is 9.54. The highest BCUT2D eigenvalue weighted by atomic mass is 28.4. The summed E-state index contributed by atoms with van der Waals surface area (Å²) in [7, 11) is -2.59. The van der Waals surface area contributed by atoms with Gasteiger partial charge in [-0.1, -0.05) is 95.3 Å². The monoisotopic (exact) mass is 470 g/mol. The van der Waals surface area contributed by atoms with Crippen molar-refractivity contribution in [1.82, 2.24) is 0 Å². The van der Waals surface area contributed by atoms with Gasteiger partial charge in [0.2, 0.25) is 0 Å². The smallest absolute Gasteiger partial charge is 0.261 e. The highest BCUT2D eigenvalue weighted by Crippen LogP contribution is 2.39. The molecule has 4 atom stereocenters. The van der Waals surface area contributed by atoms with Gasteiger partial charge in [-0.3, -0.25) is 0 Å². The average Bonchev–Trinajstić information content (AvgIpc) is 2.77. The number of hydrogen-bond acceptors (Lipinski definition) is 4. The normalized spacial score (nSPS) is 24.4. The lowest BCUT2D eigenvalue weighted by atomic mass is 9.86. The quantitative estimate of drug-likeness (QED) is 0.566. The van der Waals surface area contributed by atoms with Crippen LogP contribution in [0.2, 0.25) is 5.04 Å². The summed E-state index contributed by atoms with van der Waals surface area (Å²) in [5.41, 5.74) is 0. The lowest BCUT2D eigenvalue weighted by Crippen LogP contribution is -2.67. The number of aliphatic hydroxyl groups is 1. The summed E-state index contributed by atoms with van der Waals surface area (Å²) >= 11 is 0. The SMILES string of the molecule is C[C@H]1[C@H]([C@H](C)CO[Si](c2ccccc2)(c2ccccc2)C(C)(C)C)OC(C)(C)O[C@H]1CCO. The van der Waals surface area contributed by atoms with Crippen LogP contribution in [0.3, 0.4) is 0 Å². The van der Waals surface area contributed by atoms with E-state index in [1.54, 1.807) is 0 Å². The van der Waals surface area contributed by atoms with Gasteiger partial charge in [-0.2, -0.15) is 0 Å². The largest absolute Gasteiger partial charge is 0.407 e. The van der Waals surface area contributed by atoms with Crippen molar-refractivity contribution in [3.63, 3.8) is 0 Å². The fourth-order valence-corrected chi connectivity index (χ4v) is 10.0. The van der Waals surface area contributed by atoms with Crippen LogP contribution in [0.25, 0.3) is 0 Å². The summed E-state index contributed by atoms with van der Waals surface area (Å²) in [5, 5.41) is 12.1. The molecule has 33 heavy (non-hydrogen) atoms. The van der Waals surface area contributed by atoms with Gasteiger partial charge in [-0.05, 0) is 35.7 Å². The molecule has 2 aromatic rings. The summed E-state index contributed by atoms with van der Waals surface area (Å²) in [6, 6.07) is 21.5. The van der Waals surface area contributed by atoms with Crippen molar-refractivity contribution in [2.24, 2.45) is 11.8 Å². The molecule has 0 spiro atoms. The van der Waals surface area contributed by atoms with Gasteiger partial charge >= 0.3 is 0 Å². The Bertz CT molecular complexity index is 823. The fourth-order valence-electron chi connectivity index (χ4n) is 5.34. The van der Waals surface area contributed by atoms with E-state index >= 15 is 0 Å². The van der Waals surface area contributed by atoms with Crippen molar-refractivity contribution >= 4 is 18.7 Å². The van der Waals surface area contributed by atoms with E-state index < -0.39 is 14.1 Å². The van der Waals surface area contributed by atoms with E-state index in [1.165, 1.54) is 10.4 Å². The molecule has 4 nitrogen and oxygen atoms in total. The zero-order valence-corrected chi connectivity index (χ0v) is 22.4. The van der Waals surface area contributed by atoms with Crippen molar-refractivity contribution in [2.45, 2.75) is 77.9 Å². The van der Waals surface area contributed by atoms with Crippen LogP contribution in [-0.2, 0) is 13.9 Å². The van der Waals surface area contributed by atoms with Crippen LogP contribution in [0.4, 0.5) is 0 Å². The Morgan fingerprint density at radius 1 is 0.970 bits per heavy atom. The molecule has 0 unspecified atom stereocenters.